The van der Waals surface area contributed by atoms with Crippen LogP contribution in [0.1, 0.15) is 12.8 Å². The Labute approximate surface area is 117 Å². The lowest BCUT2D eigenvalue weighted by atomic mass is 9.97. The molecule has 7 heteroatoms. The quantitative estimate of drug-likeness (QED) is 0.833. The third kappa shape index (κ3) is 1.88. The molecular formula is C12H11BrN2O4. The monoisotopic (exact) mass is 326 g/mol. The van der Waals surface area contributed by atoms with Gasteiger partial charge in [-0.25, -0.2) is 4.98 Å². The highest BCUT2D eigenvalue weighted by Crippen LogP contribution is 2.52. The van der Waals surface area contributed by atoms with Crippen molar-refractivity contribution in [2.75, 3.05) is 12.4 Å². The maximum Gasteiger partial charge on any atom is 0.316 e. The van der Waals surface area contributed by atoms with Gasteiger partial charge in [-0.05, 0) is 34.8 Å². The first-order valence-corrected chi connectivity index (χ1v) is 6.57. The van der Waals surface area contributed by atoms with Crippen molar-refractivity contribution in [1.29, 1.82) is 0 Å². The van der Waals surface area contributed by atoms with Gasteiger partial charge in [0.05, 0.1) is 7.11 Å². The number of methoxy groups -OCH3 is 1. The lowest BCUT2D eigenvalue weighted by molar-refractivity contribution is -0.154. The Morgan fingerprint density at radius 2 is 2.37 bits per heavy atom. The predicted octanol–water partition coefficient (Wildman–Crippen LogP) is 1.50. The molecule has 1 saturated carbocycles. The van der Waals surface area contributed by atoms with Crippen molar-refractivity contribution in [3.8, 4) is 5.75 Å². The Kier molecular flexibility index (Phi) is 2.74. The molecular weight excluding hydrogens is 316 g/mol. The molecule has 1 aliphatic carbocycles. The van der Waals surface area contributed by atoms with E-state index in [4.69, 9.17) is 9.47 Å². The minimum absolute atomic E-state index is 0.356. The van der Waals surface area contributed by atoms with Gasteiger partial charge in [0.1, 0.15) is 5.41 Å². The van der Waals surface area contributed by atoms with Crippen molar-refractivity contribution < 1.29 is 19.1 Å². The lowest BCUT2D eigenvalue weighted by Gasteiger charge is -2.29. The first-order chi connectivity index (χ1) is 9.06. The fraction of sp³-hybridized carbons (Fsp3) is 0.417. The second-order valence-electron chi connectivity index (χ2n) is 4.64. The van der Waals surface area contributed by atoms with Gasteiger partial charge in [0.15, 0.2) is 17.7 Å². The predicted molar refractivity (Wildman–Crippen MR) is 68.7 cm³/mol. The van der Waals surface area contributed by atoms with Gasteiger partial charge < -0.3 is 14.8 Å². The van der Waals surface area contributed by atoms with Crippen LogP contribution >= 0.6 is 15.9 Å². The smallest absolute Gasteiger partial charge is 0.316 e. The molecule has 2 heterocycles. The maximum atomic E-state index is 12.1. The molecule has 1 N–H and O–H groups in total. The van der Waals surface area contributed by atoms with E-state index in [-0.39, 0.29) is 5.91 Å². The molecule has 2 aliphatic rings. The van der Waals surface area contributed by atoms with Crippen LogP contribution in [0, 0.1) is 5.41 Å². The molecule has 0 spiro atoms. The van der Waals surface area contributed by atoms with Crippen molar-refractivity contribution >= 4 is 33.6 Å². The zero-order valence-corrected chi connectivity index (χ0v) is 11.7. The van der Waals surface area contributed by atoms with E-state index in [2.05, 4.69) is 26.2 Å². The van der Waals surface area contributed by atoms with Crippen LogP contribution in [0.4, 0.5) is 5.82 Å². The van der Waals surface area contributed by atoms with Gasteiger partial charge in [0.25, 0.3) is 5.91 Å². The molecule has 1 atom stereocenters. The molecule has 3 rings (SSSR count). The second-order valence-corrected chi connectivity index (χ2v) is 5.55. The summed E-state index contributed by atoms with van der Waals surface area (Å²) in [6, 6.07) is 1.71. The molecule has 6 nitrogen and oxygen atoms in total. The van der Waals surface area contributed by atoms with Gasteiger partial charge in [-0.15, -0.1) is 0 Å². The van der Waals surface area contributed by atoms with Crippen LogP contribution < -0.4 is 10.1 Å². The number of rotatable bonds is 2. The molecule has 0 saturated heterocycles. The number of nitrogens with zero attached hydrogens (tertiary/aromatic N) is 1. The average molecular weight is 327 g/mol. The third-order valence-electron chi connectivity index (χ3n) is 3.43. The number of anilines is 1. The Bertz CT molecular complexity index is 571. The summed E-state index contributed by atoms with van der Waals surface area (Å²) in [5, 5.41) is 2.66. The zero-order valence-electron chi connectivity index (χ0n) is 10.1. The van der Waals surface area contributed by atoms with E-state index in [9.17, 15) is 9.59 Å². The summed E-state index contributed by atoms with van der Waals surface area (Å²) in [4.78, 5) is 27.9. The number of esters is 1. The van der Waals surface area contributed by atoms with E-state index in [1.165, 1.54) is 7.11 Å². The summed E-state index contributed by atoms with van der Waals surface area (Å²) < 4.78 is 11.2. The summed E-state index contributed by atoms with van der Waals surface area (Å²) in [5.41, 5.74) is -0.848. The number of hydrogen-bond acceptors (Lipinski definition) is 5. The molecule has 0 radical (unpaired) electrons. The van der Waals surface area contributed by atoms with Crippen LogP contribution in [0.25, 0.3) is 0 Å². The average Bonchev–Trinajstić information content (AvgIpc) is 3.19. The summed E-state index contributed by atoms with van der Waals surface area (Å²) in [6.45, 7) is 0. The fourth-order valence-electron chi connectivity index (χ4n) is 2.24. The number of fused-ring (bicyclic) bond motifs is 1. The van der Waals surface area contributed by atoms with Crippen molar-refractivity contribution in [3.63, 3.8) is 0 Å². The molecule has 0 aromatic carbocycles. The van der Waals surface area contributed by atoms with E-state index in [1.54, 1.807) is 12.3 Å². The van der Waals surface area contributed by atoms with Crippen molar-refractivity contribution in [3.05, 3.63) is 16.7 Å². The molecule has 1 aromatic heterocycles. The number of ether oxygens (including phenoxy) is 2. The minimum atomic E-state index is -0.858. The SMILES string of the molecule is COC(=O)C1(C2Oc3cc(Br)cnc3NC2=O)CC1. The molecule has 1 aromatic rings. The topological polar surface area (TPSA) is 77.5 Å². The number of pyridine rings is 1. The van der Waals surface area contributed by atoms with Crippen LogP contribution in [0.5, 0.6) is 5.75 Å². The van der Waals surface area contributed by atoms with Crippen LogP contribution in [-0.2, 0) is 14.3 Å². The van der Waals surface area contributed by atoms with Gasteiger partial charge in [-0.1, -0.05) is 0 Å². The van der Waals surface area contributed by atoms with Crippen LogP contribution in [-0.4, -0.2) is 30.1 Å². The molecule has 0 bridgehead atoms. The van der Waals surface area contributed by atoms with Gasteiger partial charge in [-0.3, -0.25) is 9.59 Å². The summed E-state index contributed by atoms with van der Waals surface area (Å²) in [5.74, 6) is 0.0588. The number of nitrogens with one attached hydrogen (secondary N) is 1. The summed E-state index contributed by atoms with van der Waals surface area (Å²) >= 11 is 3.29. The lowest BCUT2D eigenvalue weighted by Crippen LogP contribution is -2.47. The molecule has 1 amide bonds. The largest absolute Gasteiger partial charge is 0.475 e. The number of carbonyl (C=O) groups excluding carboxylic acids is 2. The van der Waals surface area contributed by atoms with Crippen molar-refractivity contribution in [2.24, 2.45) is 5.41 Å². The van der Waals surface area contributed by atoms with E-state index in [0.717, 1.165) is 4.47 Å². The van der Waals surface area contributed by atoms with E-state index < -0.39 is 17.5 Å². The van der Waals surface area contributed by atoms with Crippen LogP contribution in [0.15, 0.2) is 16.7 Å². The first kappa shape index (κ1) is 12.4. The number of hydrogen-bond donors (Lipinski definition) is 1. The minimum Gasteiger partial charge on any atom is -0.475 e. The summed E-state index contributed by atoms with van der Waals surface area (Å²) in [6.07, 6.45) is 1.89. The highest BCUT2D eigenvalue weighted by atomic mass is 79.9. The Balaban J connectivity index is 1.94. The zero-order chi connectivity index (χ0) is 13.6. The Hall–Kier alpha value is -1.63. The molecule has 19 heavy (non-hydrogen) atoms. The second kappa shape index (κ2) is 4.19. The Morgan fingerprint density at radius 1 is 1.63 bits per heavy atom. The van der Waals surface area contributed by atoms with E-state index in [1.807, 2.05) is 0 Å². The summed E-state index contributed by atoms with van der Waals surface area (Å²) in [7, 11) is 1.31. The van der Waals surface area contributed by atoms with E-state index in [0.29, 0.717) is 24.4 Å². The standard InChI is InChI=1S/C12H11BrN2O4/c1-18-11(17)12(2-3-12)8-10(16)15-9-7(19-8)4-6(13)5-14-9/h4-5,8H,2-3H2,1H3,(H,14,15,16). The molecule has 1 unspecified atom stereocenters. The van der Waals surface area contributed by atoms with Crippen LogP contribution in [0.3, 0.4) is 0 Å². The highest BCUT2D eigenvalue weighted by molar-refractivity contribution is 9.10. The van der Waals surface area contributed by atoms with Crippen molar-refractivity contribution in [1.82, 2.24) is 4.98 Å². The van der Waals surface area contributed by atoms with E-state index >= 15 is 0 Å². The van der Waals surface area contributed by atoms with Gasteiger partial charge in [-0.2, -0.15) is 0 Å². The maximum absolute atomic E-state index is 12.1. The molecule has 100 valence electrons. The Morgan fingerprint density at radius 3 is 3.00 bits per heavy atom. The molecule has 1 fully saturated rings. The molecule has 1 aliphatic heterocycles. The van der Waals surface area contributed by atoms with Gasteiger partial charge >= 0.3 is 5.97 Å². The number of carbonyl (C=O) groups is 2. The number of amides is 1. The highest BCUT2D eigenvalue weighted by Gasteiger charge is 2.62. The first-order valence-electron chi connectivity index (χ1n) is 5.78. The number of aromatic nitrogens is 1. The normalized spacial score (nSPS) is 22.8. The van der Waals surface area contributed by atoms with Crippen LogP contribution in [0.2, 0.25) is 0 Å². The fourth-order valence-corrected chi connectivity index (χ4v) is 2.55. The third-order valence-corrected chi connectivity index (χ3v) is 3.86. The van der Waals surface area contributed by atoms with Gasteiger partial charge in [0, 0.05) is 10.7 Å². The van der Waals surface area contributed by atoms with Crippen molar-refractivity contribution in [2.45, 2.75) is 18.9 Å². The van der Waals surface area contributed by atoms with Gasteiger partial charge in [0.2, 0.25) is 0 Å². The number of halogens is 1.